The second-order valence-electron chi connectivity index (χ2n) is 9.13. The van der Waals surface area contributed by atoms with E-state index < -0.39 is 23.0 Å². The highest BCUT2D eigenvalue weighted by molar-refractivity contribution is 5.84. The maximum atomic E-state index is 14.4. The van der Waals surface area contributed by atoms with Gasteiger partial charge in [-0.3, -0.25) is 9.59 Å². The minimum absolute atomic E-state index is 0.000401. The second-order valence-corrected chi connectivity index (χ2v) is 9.13. The third kappa shape index (κ3) is 3.98. The van der Waals surface area contributed by atoms with Gasteiger partial charge in [0.05, 0.1) is 18.5 Å². The van der Waals surface area contributed by atoms with Crippen molar-refractivity contribution in [3.8, 4) is 0 Å². The molecule has 1 N–H and O–H groups in total. The number of fused-ring (bicyclic) bond motifs is 3. The van der Waals surface area contributed by atoms with Gasteiger partial charge in [0.1, 0.15) is 17.3 Å². The van der Waals surface area contributed by atoms with Gasteiger partial charge in [0.2, 0.25) is 5.91 Å². The quantitative estimate of drug-likeness (QED) is 0.579. The largest absolute Gasteiger partial charge is 0.481 e. The molecule has 172 valence electrons. The molecule has 6 nitrogen and oxygen atoms in total. The van der Waals surface area contributed by atoms with E-state index in [9.17, 15) is 23.5 Å². The smallest absolute Gasteiger partial charge is 0.309 e. The van der Waals surface area contributed by atoms with E-state index in [0.29, 0.717) is 57.2 Å². The van der Waals surface area contributed by atoms with Crippen molar-refractivity contribution < 1.29 is 23.5 Å². The molecule has 0 spiro atoms. The topological polar surface area (TPSA) is 75.4 Å². The predicted octanol–water partition coefficient (Wildman–Crippen LogP) is 4.28. The predicted molar refractivity (Wildman–Crippen MR) is 117 cm³/mol. The zero-order valence-electron chi connectivity index (χ0n) is 18.2. The zero-order valence-corrected chi connectivity index (χ0v) is 18.2. The Morgan fingerprint density at radius 2 is 2.00 bits per heavy atom. The van der Waals surface area contributed by atoms with Crippen molar-refractivity contribution in [3.63, 3.8) is 0 Å². The van der Waals surface area contributed by atoms with Crippen LogP contribution >= 0.6 is 0 Å². The Balaban J connectivity index is 1.37. The van der Waals surface area contributed by atoms with E-state index in [4.69, 9.17) is 0 Å². The Morgan fingerprint density at radius 3 is 2.73 bits per heavy atom. The summed E-state index contributed by atoms with van der Waals surface area (Å²) in [6.45, 7) is 1.16. The number of pyridine rings is 1. The van der Waals surface area contributed by atoms with E-state index >= 15 is 0 Å². The van der Waals surface area contributed by atoms with Crippen molar-refractivity contribution in [3.05, 3.63) is 65.0 Å². The summed E-state index contributed by atoms with van der Waals surface area (Å²) in [5, 5.41) is 10.3. The van der Waals surface area contributed by atoms with Gasteiger partial charge < -0.3 is 14.6 Å². The van der Waals surface area contributed by atoms with Gasteiger partial charge in [-0.25, -0.2) is 13.8 Å². The highest BCUT2D eigenvalue weighted by Crippen LogP contribution is 2.50. The Labute approximate surface area is 189 Å². The maximum absolute atomic E-state index is 14.4. The first kappa shape index (κ1) is 21.6. The highest BCUT2D eigenvalue weighted by Gasteiger charge is 2.49. The summed E-state index contributed by atoms with van der Waals surface area (Å²) in [7, 11) is 0. The number of benzene rings is 1. The van der Waals surface area contributed by atoms with Crippen molar-refractivity contribution in [1.82, 2.24) is 14.5 Å². The number of halogens is 2. The van der Waals surface area contributed by atoms with Crippen LogP contribution in [0.1, 0.15) is 48.9 Å². The van der Waals surface area contributed by atoms with Crippen LogP contribution in [-0.4, -0.2) is 38.0 Å². The van der Waals surface area contributed by atoms with E-state index in [1.807, 2.05) is 16.7 Å². The van der Waals surface area contributed by atoms with Gasteiger partial charge in [0.25, 0.3) is 0 Å². The Bertz CT molecular complexity index is 1250. The Hall–Kier alpha value is -3.29. The van der Waals surface area contributed by atoms with Crippen LogP contribution in [0.15, 0.2) is 36.5 Å². The fourth-order valence-corrected chi connectivity index (χ4v) is 4.92. The number of aliphatic carboxylic acids is 1. The number of carboxylic acid groups (broad SMARTS) is 1. The Kier molecular flexibility index (Phi) is 5.38. The van der Waals surface area contributed by atoms with E-state index in [2.05, 4.69) is 4.98 Å². The number of hydrogen-bond donors (Lipinski definition) is 1. The first-order valence-electron chi connectivity index (χ1n) is 11.3. The summed E-state index contributed by atoms with van der Waals surface area (Å²) in [5.41, 5.74) is 2.47. The molecule has 1 aromatic carbocycles. The molecule has 2 aliphatic rings. The molecular formula is C25H25F2N3O3. The maximum Gasteiger partial charge on any atom is 0.309 e. The lowest BCUT2D eigenvalue weighted by Crippen LogP contribution is -2.36. The summed E-state index contributed by atoms with van der Waals surface area (Å²) in [6.07, 6.45) is 5.13. The van der Waals surface area contributed by atoms with E-state index in [0.717, 1.165) is 28.4 Å². The molecule has 1 aliphatic carbocycles. The molecule has 1 aliphatic heterocycles. The monoisotopic (exact) mass is 453 g/mol. The van der Waals surface area contributed by atoms with Crippen LogP contribution in [0, 0.1) is 17.0 Å². The summed E-state index contributed by atoms with van der Waals surface area (Å²) >= 11 is 0. The fraction of sp³-hybridized carbons (Fsp3) is 0.400. The van der Waals surface area contributed by atoms with Crippen molar-refractivity contribution in [1.29, 1.82) is 0 Å². The van der Waals surface area contributed by atoms with Crippen molar-refractivity contribution >= 4 is 22.9 Å². The number of rotatable bonds is 7. The lowest BCUT2D eigenvalue weighted by molar-refractivity contribution is -0.144. The van der Waals surface area contributed by atoms with Crippen LogP contribution in [0.3, 0.4) is 0 Å². The third-order valence-corrected chi connectivity index (χ3v) is 7.06. The number of carboxylic acids is 1. The minimum Gasteiger partial charge on any atom is -0.481 e. The SMILES string of the molecule is O=C(CCCC1(C(=O)O)CC1)N1CCc2c(n(Cc3ccc(F)cc3F)c3ncccc23)C1. The molecule has 2 aromatic heterocycles. The number of amides is 1. The first-order chi connectivity index (χ1) is 15.9. The Morgan fingerprint density at radius 1 is 1.18 bits per heavy atom. The van der Waals surface area contributed by atoms with Gasteiger partial charge in [0, 0.05) is 41.9 Å². The van der Waals surface area contributed by atoms with Gasteiger partial charge in [-0.15, -0.1) is 0 Å². The molecule has 3 heterocycles. The average molecular weight is 453 g/mol. The van der Waals surface area contributed by atoms with E-state index in [1.165, 1.54) is 12.1 Å². The molecule has 3 aromatic rings. The molecule has 0 saturated heterocycles. The van der Waals surface area contributed by atoms with Gasteiger partial charge in [-0.1, -0.05) is 6.07 Å². The normalized spacial score (nSPS) is 16.6. The average Bonchev–Trinajstić information content (AvgIpc) is 3.53. The van der Waals surface area contributed by atoms with Crippen LogP contribution in [0.4, 0.5) is 8.78 Å². The van der Waals surface area contributed by atoms with Crippen molar-refractivity contribution in [2.24, 2.45) is 5.41 Å². The molecule has 33 heavy (non-hydrogen) atoms. The van der Waals surface area contributed by atoms with Gasteiger partial charge in [0.15, 0.2) is 0 Å². The summed E-state index contributed by atoms with van der Waals surface area (Å²) in [6, 6.07) is 7.40. The molecule has 5 rings (SSSR count). The van der Waals surface area contributed by atoms with Crippen LogP contribution in [-0.2, 0) is 29.1 Å². The number of carbonyl (C=O) groups excluding carboxylic acids is 1. The number of hydrogen-bond acceptors (Lipinski definition) is 3. The van der Waals surface area contributed by atoms with Crippen LogP contribution < -0.4 is 0 Å². The standard InChI is InChI=1S/C25H25F2N3O3/c26-17-6-5-16(20(27)13-17)14-30-21-15-29(12-7-18(21)19-3-2-11-28-23(19)30)22(31)4-1-8-25(9-10-25)24(32)33/h2-3,5-6,11,13H,1,4,7-10,12,14-15H2,(H,32,33). The van der Waals surface area contributed by atoms with Crippen molar-refractivity contribution in [2.45, 2.75) is 51.6 Å². The zero-order chi connectivity index (χ0) is 23.2. The van der Waals surface area contributed by atoms with Crippen molar-refractivity contribution in [2.75, 3.05) is 6.54 Å². The highest BCUT2D eigenvalue weighted by atomic mass is 19.1. The molecule has 1 saturated carbocycles. The molecule has 1 amide bonds. The number of aromatic nitrogens is 2. The molecule has 0 radical (unpaired) electrons. The molecule has 8 heteroatoms. The van der Waals surface area contributed by atoms with Gasteiger partial charge in [-0.05, 0) is 55.9 Å². The van der Waals surface area contributed by atoms with Gasteiger partial charge in [-0.2, -0.15) is 0 Å². The summed E-state index contributed by atoms with van der Waals surface area (Å²) < 4.78 is 29.7. The summed E-state index contributed by atoms with van der Waals surface area (Å²) in [4.78, 5) is 30.6. The molecule has 0 unspecified atom stereocenters. The fourth-order valence-electron chi connectivity index (χ4n) is 4.92. The number of nitrogens with zero attached hydrogens (tertiary/aromatic N) is 3. The number of carbonyl (C=O) groups is 2. The minimum atomic E-state index is -0.761. The lowest BCUT2D eigenvalue weighted by atomic mass is 9.98. The van der Waals surface area contributed by atoms with E-state index in [1.54, 1.807) is 11.1 Å². The lowest BCUT2D eigenvalue weighted by Gasteiger charge is -2.29. The molecule has 0 atom stereocenters. The molecular weight excluding hydrogens is 428 g/mol. The summed E-state index contributed by atoms with van der Waals surface area (Å²) in [5.74, 6) is -2.00. The van der Waals surface area contributed by atoms with Gasteiger partial charge >= 0.3 is 5.97 Å². The van der Waals surface area contributed by atoms with E-state index in [-0.39, 0.29) is 12.5 Å². The molecule has 0 bridgehead atoms. The third-order valence-electron chi connectivity index (χ3n) is 7.06. The van der Waals surface area contributed by atoms with Crippen LogP contribution in [0.25, 0.3) is 11.0 Å². The second kappa shape index (κ2) is 8.24. The van der Waals surface area contributed by atoms with Crippen LogP contribution in [0.5, 0.6) is 0 Å². The van der Waals surface area contributed by atoms with Crippen LogP contribution in [0.2, 0.25) is 0 Å². The molecule has 1 fully saturated rings. The first-order valence-corrected chi connectivity index (χ1v) is 11.3.